The van der Waals surface area contributed by atoms with E-state index in [-0.39, 0.29) is 35.1 Å². The number of likely N-dealkylation sites (tertiary alicyclic amines) is 1. The molecule has 2 unspecified atom stereocenters. The number of aryl methyl sites for hydroxylation is 1. The number of rotatable bonds is 5. The molecule has 3 aromatic rings. The number of hydrogen-bond acceptors (Lipinski definition) is 7. The zero-order chi connectivity index (χ0) is 21.6. The van der Waals surface area contributed by atoms with Crippen LogP contribution in [0.2, 0.25) is 0 Å². The van der Waals surface area contributed by atoms with Crippen LogP contribution >= 0.6 is 11.3 Å². The van der Waals surface area contributed by atoms with Crippen molar-refractivity contribution in [3.05, 3.63) is 47.6 Å². The van der Waals surface area contributed by atoms with Crippen LogP contribution < -0.4 is 4.90 Å². The molecular formula is C22H24N4O3S2. The van der Waals surface area contributed by atoms with Crippen molar-refractivity contribution in [1.29, 1.82) is 0 Å². The summed E-state index contributed by atoms with van der Waals surface area (Å²) in [6.45, 7) is 3.26. The van der Waals surface area contributed by atoms with E-state index < -0.39 is 9.84 Å². The molecule has 0 radical (unpaired) electrons. The minimum absolute atomic E-state index is 0.000252. The van der Waals surface area contributed by atoms with Gasteiger partial charge in [0.05, 0.1) is 26.4 Å². The van der Waals surface area contributed by atoms with Crippen molar-refractivity contribution >= 4 is 43.1 Å². The van der Waals surface area contributed by atoms with E-state index in [0.29, 0.717) is 23.3 Å². The third-order valence-corrected chi connectivity index (χ3v) is 8.99. The fourth-order valence-electron chi connectivity index (χ4n) is 4.69. The van der Waals surface area contributed by atoms with Gasteiger partial charge >= 0.3 is 0 Å². The number of fused-ring (bicyclic) bond motifs is 3. The van der Waals surface area contributed by atoms with Gasteiger partial charge in [-0.1, -0.05) is 12.1 Å². The number of benzene rings is 1. The molecule has 0 saturated carbocycles. The molecule has 1 aromatic carbocycles. The molecule has 0 N–H and O–H groups in total. The van der Waals surface area contributed by atoms with Crippen molar-refractivity contribution < 1.29 is 13.2 Å². The number of hydrogen-bond donors (Lipinski definition) is 0. The predicted octanol–water partition coefficient (Wildman–Crippen LogP) is 3.04. The van der Waals surface area contributed by atoms with Crippen LogP contribution in [0.5, 0.6) is 0 Å². The molecule has 2 saturated heterocycles. The molecule has 2 aliphatic rings. The average molecular weight is 457 g/mol. The Hall–Kier alpha value is -2.52. The highest BCUT2D eigenvalue weighted by atomic mass is 32.2. The number of amides is 1. The van der Waals surface area contributed by atoms with Gasteiger partial charge in [-0.25, -0.2) is 18.4 Å². The van der Waals surface area contributed by atoms with Gasteiger partial charge in [0.1, 0.15) is 5.82 Å². The Labute approximate surface area is 185 Å². The van der Waals surface area contributed by atoms with Crippen LogP contribution in [0.4, 0.5) is 5.82 Å². The van der Waals surface area contributed by atoms with Gasteiger partial charge in [-0.3, -0.25) is 4.79 Å². The van der Waals surface area contributed by atoms with Gasteiger partial charge in [0, 0.05) is 37.8 Å². The second kappa shape index (κ2) is 7.87. The van der Waals surface area contributed by atoms with Gasteiger partial charge in [-0.15, -0.1) is 11.3 Å². The van der Waals surface area contributed by atoms with E-state index in [1.54, 1.807) is 23.7 Å². The summed E-state index contributed by atoms with van der Waals surface area (Å²) in [6.07, 6.45) is 3.92. The number of sulfone groups is 1. The molecule has 0 spiro atoms. The van der Waals surface area contributed by atoms with Crippen molar-refractivity contribution in [3.63, 3.8) is 0 Å². The van der Waals surface area contributed by atoms with Crippen LogP contribution in [-0.4, -0.2) is 60.1 Å². The first-order chi connectivity index (χ1) is 14.9. The van der Waals surface area contributed by atoms with Crippen molar-refractivity contribution in [3.8, 4) is 0 Å². The quantitative estimate of drug-likeness (QED) is 0.587. The average Bonchev–Trinajstić information content (AvgIpc) is 3.34. The summed E-state index contributed by atoms with van der Waals surface area (Å²) >= 11 is 1.31. The summed E-state index contributed by atoms with van der Waals surface area (Å²) in [5, 5.41) is 0. The molecule has 31 heavy (non-hydrogen) atoms. The highest BCUT2D eigenvalue weighted by Gasteiger charge is 2.42. The van der Waals surface area contributed by atoms with Crippen LogP contribution in [-0.2, 0) is 14.6 Å². The Bertz CT molecular complexity index is 1210. The van der Waals surface area contributed by atoms with Gasteiger partial charge < -0.3 is 9.80 Å². The van der Waals surface area contributed by atoms with E-state index in [1.807, 2.05) is 24.1 Å². The normalized spacial score (nSPS) is 21.1. The first kappa shape index (κ1) is 20.4. The fourth-order valence-corrected chi connectivity index (χ4v) is 7.25. The molecule has 162 valence electrons. The summed E-state index contributed by atoms with van der Waals surface area (Å²) in [5.74, 6) is 0.691. The molecular weight excluding hydrogens is 432 g/mol. The minimum Gasteiger partial charge on any atom is -0.347 e. The van der Waals surface area contributed by atoms with Crippen LogP contribution in [0.15, 0.2) is 46.9 Å². The third-order valence-electron chi connectivity index (χ3n) is 6.24. The summed E-state index contributed by atoms with van der Waals surface area (Å²) < 4.78 is 26.5. The maximum absolute atomic E-state index is 12.9. The van der Waals surface area contributed by atoms with E-state index in [4.69, 9.17) is 0 Å². The topological polar surface area (TPSA) is 83.5 Å². The summed E-state index contributed by atoms with van der Waals surface area (Å²) in [5.41, 5.74) is 3.45. The number of nitrogens with zero attached hydrogens (tertiary/aromatic N) is 4. The lowest BCUT2D eigenvalue weighted by atomic mass is 10.1. The second-order valence-electron chi connectivity index (χ2n) is 8.31. The molecule has 0 aliphatic carbocycles. The SMILES string of the molecule is Cc1ccc(N2C3CCC2CN(C(=O)CCS(=O)(=O)c2cccc4ncsc24)C3)nc1. The Balaban J connectivity index is 1.26. The number of pyridine rings is 1. The number of carbonyl (C=O) groups excluding carboxylic acids is 1. The molecule has 9 heteroatoms. The van der Waals surface area contributed by atoms with Crippen molar-refractivity contribution in [2.45, 2.75) is 43.2 Å². The monoisotopic (exact) mass is 456 g/mol. The molecule has 2 atom stereocenters. The molecule has 4 heterocycles. The van der Waals surface area contributed by atoms with Gasteiger partial charge in [0.15, 0.2) is 9.84 Å². The van der Waals surface area contributed by atoms with Gasteiger partial charge in [0.25, 0.3) is 0 Å². The number of carbonyl (C=O) groups is 1. The standard InChI is InChI=1S/C22H24N4O3S2/c1-15-5-8-20(23-11-15)26-16-6-7-17(26)13-25(12-16)21(27)9-10-31(28,29)19-4-2-3-18-22(19)30-14-24-18/h2-5,8,11,14,16-17H,6-7,9-10,12-13H2,1H3. The highest BCUT2D eigenvalue weighted by molar-refractivity contribution is 7.91. The number of thiazole rings is 1. The molecule has 1 amide bonds. The van der Waals surface area contributed by atoms with Crippen molar-refractivity contribution in [2.24, 2.45) is 0 Å². The van der Waals surface area contributed by atoms with Gasteiger partial charge in [-0.05, 0) is 43.5 Å². The zero-order valence-corrected chi connectivity index (χ0v) is 18.9. The summed E-state index contributed by atoms with van der Waals surface area (Å²) in [4.78, 5) is 26.1. The highest BCUT2D eigenvalue weighted by Crippen LogP contribution is 2.34. The first-order valence-electron chi connectivity index (χ1n) is 10.5. The van der Waals surface area contributed by atoms with Crippen LogP contribution in [0, 0.1) is 6.92 Å². The third kappa shape index (κ3) is 3.80. The minimum atomic E-state index is -3.56. The van der Waals surface area contributed by atoms with E-state index >= 15 is 0 Å². The molecule has 2 bridgehead atoms. The van der Waals surface area contributed by atoms with Gasteiger partial charge in [0.2, 0.25) is 5.91 Å². The molecule has 2 aliphatic heterocycles. The Morgan fingerprint density at radius 3 is 2.61 bits per heavy atom. The summed E-state index contributed by atoms with van der Waals surface area (Å²) in [6, 6.07) is 9.69. The lowest BCUT2D eigenvalue weighted by Crippen LogP contribution is -2.55. The Morgan fingerprint density at radius 1 is 1.13 bits per heavy atom. The Kier molecular flexibility index (Phi) is 5.18. The van der Waals surface area contributed by atoms with Gasteiger partial charge in [-0.2, -0.15) is 0 Å². The molecule has 2 aromatic heterocycles. The van der Waals surface area contributed by atoms with Crippen LogP contribution in [0.25, 0.3) is 10.2 Å². The van der Waals surface area contributed by atoms with E-state index in [1.165, 1.54) is 11.3 Å². The number of piperazine rings is 1. The predicted molar refractivity (Wildman–Crippen MR) is 121 cm³/mol. The lowest BCUT2D eigenvalue weighted by molar-refractivity contribution is -0.131. The van der Waals surface area contributed by atoms with E-state index in [9.17, 15) is 13.2 Å². The zero-order valence-electron chi connectivity index (χ0n) is 17.3. The fraction of sp³-hybridized carbons (Fsp3) is 0.409. The number of aromatic nitrogens is 2. The van der Waals surface area contributed by atoms with Crippen molar-refractivity contribution in [2.75, 3.05) is 23.7 Å². The van der Waals surface area contributed by atoms with E-state index in [0.717, 1.165) is 24.2 Å². The molecule has 5 rings (SSSR count). The maximum Gasteiger partial charge on any atom is 0.223 e. The van der Waals surface area contributed by atoms with Crippen LogP contribution in [0.1, 0.15) is 24.8 Å². The van der Waals surface area contributed by atoms with Crippen molar-refractivity contribution in [1.82, 2.24) is 14.9 Å². The van der Waals surface area contributed by atoms with E-state index in [2.05, 4.69) is 20.9 Å². The lowest BCUT2D eigenvalue weighted by Gasteiger charge is -2.41. The summed E-state index contributed by atoms with van der Waals surface area (Å²) in [7, 11) is -3.56. The first-order valence-corrected chi connectivity index (χ1v) is 13.0. The molecule has 2 fully saturated rings. The molecule has 7 nitrogen and oxygen atoms in total. The number of anilines is 1. The smallest absolute Gasteiger partial charge is 0.223 e. The largest absolute Gasteiger partial charge is 0.347 e. The van der Waals surface area contributed by atoms with Crippen LogP contribution in [0.3, 0.4) is 0 Å². The second-order valence-corrected chi connectivity index (χ2v) is 11.2. The Morgan fingerprint density at radius 2 is 1.90 bits per heavy atom. The maximum atomic E-state index is 12.9.